The molecule has 2 aromatic carbocycles. The van der Waals surface area contributed by atoms with Crippen LogP contribution in [0.3, 0.4) is 0 Å². The van der Waals surface area contributed by atoms with Crippen molar-refractivity contribution in [1.29, 1.82) is 0 Å². The number of hydrogen-bond acceptors (Lipinski definition) is 5. The molecule has 2 fully saturated rings. The average Bonchev–Trinajstić information content (AvgIpc) is 3.32. The van der Waals surface area contributed by atoms with Crippen molar-refractivity contribution in [3.8, 4) is 5.75 Å². The van der Waals surface area contributed by atoms with E-state index in [4.69, 9.17) is 27.9 Å². The van der Waals surface area contributed by atoms with Crippen molar-refractivity contribution in [2.45, 2.75) is 88.8 Å². The number of benzene rings is 2. The van der Waals surface area contributed by atoms with E-state index in [0.717, 1.165) is 0 Å². The van der Waals surface area contributed by atoms with Crippen molar-refractivity contribution in [2.75, 3.05) is 0 Å². The number of ketones is 1. The minimum absolute atomic E-state index is 0.0734. The van der Waals surface area contributed by atoms with Crippen LogP contribution >= 0.6 is 23.2 Å². The molecule has 2 heterocycles. The van der Waals surface area contributed by atoms with E-state index in [2.05, 4.69) is 5.32 Å². The number of fused-ring (bicyclic) bond motifs is 2. The Morgan fingerprint density at radius 2 is 1.82 bits per heavy atom. The average molecular weight is 580 g/mol. The van der Waals surface area contributed by atoms with Gasteiger partial charge in [0.25, 0.3) is 0 Å². The van der Waals surface area contributed by atoms with Crippen LogP contribution in [0.2, 0.25) is 10.0 Å². The number of ether oxygens (including phenoxy) is 1. The summed E-state index contributed by atoms with van der Waals surface area (Å²) in [5.74, 6) is -3.16. The monoisotopic (exact) mass is 579 g/mol. The van der Waals surface area contributed by atoms with Gasteiger partial charge < -0.3 is 15.2 Å². The van der Waals surface area contributed by atoms with E-state index >= 15 is 4.39 Å². The van der Waals surface area contributed by atoms with Gasteiger partial charge in [-0.25, -0.2) is 8.78 Å². The molecule has 3 aliphatic rings. The Kier molecular flexibility index (Phi) is 7.59. The standard InChI is InChI=1S/C30H33Cl2F2NO4/c1-29(2,3)14-24-30(18-12-21(33)20(32)13-23(18)39-28(30)38)25(17-5-4-6-19(31)26(17)34)27(35-24)22(37)11-15-7-9-16(36)10-8-15/h4-6,12-13,15-16,24-25,27,35-36H,7-11,14H2,1-3H3/t15?,16?,24-,25+,27+,30+/m1/s1. The van der Waals surface area contributed by atoms with Gasteiger partial charge in [-0.1, -0.05) is 56.1 Å². The summed E-state index contributed by atoms with van der Waals surface area (Å²) in [7, 11) is 0. The normalized spacial score (nSPS) is 30.5. The molecular formula is C30H33Cl2F2NO4. The van der Waals surface area contributed by atoms with Crippen LogP contribution in [0.4, 0.5) is 8.78 Å². The van der Waals surface area contributed by atoms with E-state index in [1.54, 1.807) is 6.07 Å². The van der Waals surface area contributed by atoms with Crippen molar-refractivity contribution in [2.24, 2.45) is 11.3 Å². The smallest absolute Gasteiger partial charge is 0.324 e. The van der Waals surface area contributed by atoms with E-state index in [1.807, 2.05) is 20.8 Å². The van der Waals surface area contributed by atoms with Crippen molar-refractivity contribution in [3.05, 3.63) is 63.1 Å². The van der Waals surface area contributed by atoms with Crippen LogP contribution in [-0.2, 0) is 15.0 Å². The van der Waals surface area contributed by atoms with Gasteiger partial charge in [-0.2, -0.15) is 0 Å². The van der Waals surface area contributed by atoms with Gasteiger partial charge >= 0.3 is 5.97 Å². The molecule has 0 radical (unpaired) electrons. The van der Waals surface area contributed by atoms with Gasteiger partial charge in [0.15, 0.2) is 5.78 Å². The summed E-state index contributed by atoms with van der Waals surface area (Å²) in [6.07, 6.45) is 2.95. The van der Waals surface area contributed by atoms with Gasteiger partial charge in [-0.15, -0.1) is 0 Å². The molecule has 5 nitrogen and oxygen atoms in total. The lowest BCUT2D eigenvalue weighted by Crippen LogP contribution is -2.49. The summed E-state index contributed by atoms with van der Waals surface area (Å²) in [6.45, 7) is 6.01. The number of Topliss-reactive ketones (excluding diaryl/α,β-unsaturated/α-hetero) is 1. The fourth-order valence-corrected chi connectivity index (χ4v) is 7.17. The molecule has 5 rings (SSSR count). The predicted octanol–water partition coefficient (Wildman–Crippen LogP) is 6.50. The summed E-state index contributed by atoms with van der Waals surface area (Å²) >= 11 is 12.3. The third-order valence-electron chi connectivity index (χ3n) is 8.55. The third-order valence-corrected chi connectivity index (χ3v) is 9.13. The van der Waals surface area contributed by atoms with Gasteiger partial charge in [0.2, 0.25) is 0 Å². The minimum Gasteiger partial charge on any atom is -0.425 e. The van der Waals surface area contributed by atoms with Crippen LogP contribution in [0.5, 0.6) is 5.75 Å². The van der Waals surface area contributed by atoms with Gasteiger partial charge in [0, 0.05) is 30.0 Å². The zero-order chi connectivity index (χ0) is 28.3. The van der Waals surface area contributed by atoms with Crippen LogP contribution in [0.25, 0.3) is 0 Å². The van der Waals surface area contributed by atoms with E-state index in [-0.39, 0.29) is 56.6 Å². The van der Waals surface area contributed by atoms with E-state index in [9.17, 15) is 19.1 Å². The number of carbonyl (C=O) groups is 2. The maximum Gasteiger partial charge on any atom is 0.324 e. The lowest BCUT2D eigenvalue weighted by atomic mass is 9.62. The molecule has 0 aromatic heterocycles. The Morgan fingerprint density at radius 1 is 1.13 bits per heavy atom. The SMILES string of the molecule is CC(C)(C)C[C@H]1N[C@@H](C(=O)CC2CCC(O)CC2)[C@H](c2cccc(Cl)c2F)[C@@]12C(=O)Oc1cc(Cl)c(F)cc12. The summed E-state index contributed by atoms with van der Waals surface area (Å²) in [6, 6.07) is 5.35. The van der Waals surface area contributed by atoms with Crippen LogP contribution in [0, 0.1) is 23.0 Å². The fraction of sp³-hybridized carbons (Fsp3) is 0.533. The number of nitrogens with one attached hydrogen (secondary N) is 1. The van der Waals surface area contributed by atoms with Crippen molar-refractivity contribution >= 4 is 35.0 Å². The summed E-state index contributed by atoms with van der Waals surface area (Å²) in [5.41, 5.74) is -1.56. The molecule has 1 saturated carbocycles. The second-order valence-electron chi connectivity index (χ2n) is 12.4. The van der Waals surface area contributed by atoms with Crippen LogP contribution in [-0.4, -0.2) is 35.0 Å². The molecule has 1 aliphatic carbocycles. The Labute approximate surface area is 237 Å². The Bertz CT molecular complexity index is 1300. The maximum absolute atomic E-state index is 15.8. The van der Waals surface area contributed by atoms with E-state index in [1.165, 1.54) is 24.3 Å². The molecule has 0 unspecified atom stereocenters. The first-order valence-electron chi connectivity index (χ1n) is 13.5. The largest absolute Gasteiger partial charge is 0.425 e. The van der Waals surface area contributed by atoms with Crippen LogP contribution < -0.4 is 10.1 Å². The number of aliphatic hydroxyl groups excluding tert-OH is 1. The zero-order valence-electron chi connectivity index (χ0n) is 22.2. The minimum atomic E-state index is -1.59. The maximum atomic E-state index is 15.8. The number of rotatable bonds is 5. The molecule has 210 valence electrons. The summed E-state index contributed by atoms with van der Waals surface area (Å²) in [5, 5.41) is 13.0. The third kappa shape index (κ3) is 5.01. The quantitative estimate of drug-likeness (QED) is 0.312. The topological polar surface area (TPSA) is 75.6 Å². The molecule has 1 spiro atoms. The second kappa shape index (κ2) is 10.4. The molecule has 2 N–H and O–H groups in total. The number of esters is 1. The highest BCUT2D eigenvalue weighted by Gasteiger charge is 2.67. The molecule has 0 amide bonds. The first-order chi connectivity index (χ1) is 18.3. The van der Waals surface area contributed by atoms with E-state index < -0.39 is 41.0 Å². The number of hydrogen-bond donors (Lipinski definition) is 2. The molecule has 0 bridgehead atoms. The molecule has 2 aromatic rings. The molecule has 9 heteroatoms. The van der Waals surface area contributed by atoms with Crippen molar-refractivity contribution in [1.82, 2.24) is 5.32 Å². The highest BCUT2D eigenvalue weighted by Crippen LogP contribution is 2.58. The fourth-order valence-electron chi connectivity index (χ4n) is 6.84. The molecule has 4 atom stereocenters. The molecule has 2 aliphatic heterocycles. The summed E-state index contributed by atoms with van der Waals surface area (Å²) in [4.78, 5) is 28.1. The number of aliphatic hydroxyl groups is 1. The molecule has 1 saturated heterocycles. The first-order valence-corrected chi connectivity index (χ1v) is 14.2. The van der Waals surface area contributed by atoms with Crippen LogP contribution in [0.15, 0.2) is 30.3 Å². The number of halogens is 4. The Balaban J connectivity index is 1.69. The van der Waals surface area contributed by atoms with Gasteiger partial charge in [-0.05, 0) is 61.1 Å². The van der Waals surface area contributed by atoms with Gasteiger partial charge in [-0.3, -0.25) is 9.59 Å². The zero-order valence-corrected chi connectivity index (χ0v) is 23.7. The van der Waals surface area contributed by atoms with Crippen LogP contribution in [0.1, 0.15) is 76.3 Å². The van der Waals surface area contributed by atoms with Crippen molar-refractivity contribution in [3.63, 3.8) is 0 Å². The second-order valence-corrected chi connectivity index (χ2v) is 13.3. The summed E-state index contributed by atoms with van der Waals surface area (Å²) < 4.78 is 36.5. The highest BCUT2D eigenvalue weighted by atomic mass is 35.5. The Morgan fingerprint density at radius 3 is 2.49 bits per heavy atom. The van der Waals surface area contributed by atoms with E-state index in [0.29, 0.717) is 32.1 Å². The lowest BCUT2D eigenvalue weighted by molar-refractivity contribution is -0.139. The predicted molar refractivity (Wildman–Crippen MR) is 145 cm³/mol. The van der Waals surface area contributed by atoms with Gasteiger partial charge in [0.05, 0.1) is 22.2 Å². The van der Waals surface area contributed by atoms with Gasteiger partial charge in [0.1, 0.15) is 22.8 Å². The number of carbonyl (C=O) groups excluding carboxylic acids is 2. The Hall–Kier alpha value is -2.06. The lowest BCUT2D eigenvalue weighted by Gasteiger charge is -2.36. The molecule has 39 heavy (non-hydrogen) atoms. The molecular weight excluding hydrogens is 547 g/mol. The first kappa shape index (κ1) is 28.5. The van der Waals surface area contributed by atoms with Crippen molar-refractivity contribution < 1.29 is 28.2 Å². The highest BCUT2D eigenvalue weighted by molar-refractivity contribution is 6.31.